The van der Waals surface area contributed by atoms with Gasteiger partial charge >= 0.3 is 5.97 Å². The van der Waals surface area contributed by atoms with E-state index in [1.165, 1.54) is 11.1 Å². The van der Waals surface area contributed by atoms with Crippen molar-refractivity contribution in [2.24, 2.45) is 18.9 Å². The molecule has 0 aromatic carbocycles. The Kier molecular flexibility index (Phi) is 1.93. The fraction of sp³-hybridized carbons (Fsp3) is 0.500. The third kappa shape index (κ3) is 1.29. The van der Waals surface area contributed by atoms with E-state index in [-0.39, 0.29) is 5.69 Å². The van der Waals surface area contributed by atoms with E-state index < -0.39 is 5.97 Å². The second kappa shape index (κ2) is 3.20. The molecule has 0 spiro atoms. The van der Waals surface area contributed by atoms with Crippen molar-refractivity contribution >= 4 is 5.97 Å². The van der Waals surface area contributed by atoms with Crippen LogP contribution >= 0.6 is 0 Å². The van der Waals surface area contributed by atoms with Gasteiger partial charge in [0.25, 0.3) is 0 Å². The number of hydrogen-bond acceptors (Lipinski definition) is 2. The van der Waals surface area contributed by atoms with Gasteiger partial charge in [-0.15, -0.1) is 0 Å². The fourth-order valence-corrected chi connectivity index (χ4v) is 2.99. The summed E-state index contributed by atoms with van der Waals surface area (Å²) >= 11 is 0. The van der Waals surface area contributed by atoms with Crippen LogP contribution in [0.2, 0.25) is 0 Å². The summed E-state index contributed by atoms with van der Waals surface area (Å²) in [5.74, 6) is 0.779. The van der Waals surface area contributed by atoms with Gasteiger partial charge < -0.3 is 5.11 Å². The van der Waals surface area contributed by atoms with E-state index in [0.29, 0.717) is 17.8 Å². The highest BCUT2D eigenvalue weighted by molar-refractivity contribution is 5.85. The zero-order valence-corrected chi connectivity index (χ0v) is 9.13. The van der Waals surface area contributed by atoms with Crippen LogP contribution in [0.1, 0.15) is 34.9 Å². The molecule has 1 heterocycles. The smallest absolute Gasteiger partial charge is 0.354 e. The van der Waals surface area contributed by atoms with Crippen molar-refractivity contribution < 1.29 is 9.90 Å². The molecular weight excluding hydrogens is 204 g/mol. The molecule has 84 valence electrons. The first-order valence-electron chi connectivity index (χ1n) is 5.60. The molecule has 3 atom stereocenters. The number of allylic oxidation sites excluding steroid dienone is 2. The van der Waals surface area contributed by atoms with Crippen LogP contribution in [-0.2, 0) is 7.05 Å². The number of carboxylic acid groups (broad SMARTS) is 1. The third-order valence-electron chi connectivity index (χ3n) is 3.78. The lowest BCUT2D eigenvalue weighted by molar-refractivity contribution is 0.0685. The molecule has 1 aromatic rings. The number of aromatic nitrogens is 2. The lowest BCUT2D eigenvalue weighted by atomic mass is 9.90. The highest BCUT2D eigenvalue weighted by atomic mass is 16.4. The van der Waals surface area contributed by atoms with Crippen molar-refractivity contribution in [3.63, 3.8) is 0 Å². The summed E-state index contributed by atoms with van der Waals surface area (Å²) in [4.78, 5) is 10.9. The van der Waals surface area contributed by atoms with E-state index in [0.717, 1.165) is 12.1 Å². The molecule has 16 heavy (non-hydrogen) atoms. The second-order valence-corrected chi connectivity index (χ2v) is 4.77. The fourth-order valence-electron chi connectivity index (χ4n) is 2.99. The SMILES string of the molecule is Cn1nc(C2CC3C=CC2C3)cc1C(=O)O. The van der Waals surface area contributed by atoms with Crippen molar-refractivity contribution in [1.82, 2.24) is 9.78 Å². The number of carboxylic acids is 1. The van der Waals surface area contributed by atoms with Crippen molar-refractivity contribution in [3.8, 4) is 0 Å². The molecule has 1 aromatic heterocycles. The first-order valence-corrected chi connectivity index (χ1v) is 5.60. The van der Waals surface area contributed by atoms with Crippen LogP contribution in [0.4, 0.5) is 0 Å². The molecule has 3 rings (SSSR count). The number of aryl methyl sites for hydroxylation is 1. The molecule has 4 nitrogen and oxygen atoms in total. The average Bonchev–Trinajstić information content (AvgIpc) is 2.89. The minimum Gasteiger partial charge on any atom is -0.477 e. The van der Waals surface area contributed by atoms with Crippen LogP contribution in [-0.4, -0.2) is 20.9 Å². The number of fused-ring (bicyclic) bond motifs is 2. The maximum absolute atomic E-state index is 10.9. The molecular formula is C12H14N2O2. The Bertz CT molecular complexity index is 475. The van der Waals surface area contributed by atoms with Gasteiger partial charge in [0, 0.05) is 13.0 Å². The maximum Gasteiger partial charge on any atom is 0.354 e. The molecule has 2 aliphatic rings. The van der Waals surface area contributed by atoms with Crippen LogP contribution in [0.3, 0.4) is 0 Å². The number of nitrogens with zero attached hydrogens (tertiary/aromatic N) is 2. The lowest BCUT2D eigenvalue weighted by Crippen LogP contribution is -2.06. The zero-order chi connectivity index (χ0) is 11.3. The number of aromatic carboxylic acids is 1. The molecule has 0 saturated heterocycles. The van der Waals surface area contributed by atoms with E-state index >= 15 is 0 Å². The summed E-state index contributed by atoms with van der Waals surface area (Å²) in [5.41, 5.74) is 1.22. The number of carbonyl (C=O) groups is 1. The first-order chi connectivity index (χ1) is 7.65. The predicted octanol–water partition coefficient (Wildman–Crippen LogP) is 1.80. The molecule has 1 fully saturated rings. The summed E-state index contributed by atoms with van der Waals surface area (Å²) in [6, 6.07) is 1.72. The van der Waals surface area contributed by atoms with Crippen molar-refractivity contribution in [1.29, 1.82) is 0 Å². The molecule has 0 amide bonds. The standard InChI is InChI=1S/C12H14N2O2/c1-14-11(12(15)16)6-10(13-14)9-5-7-2-3-8(9)4-7/h2-3,6-9H,4-5H2,1H3,(H,15,16). The van der Waals surface area contributed by atoms with E-state index in [4.69, 9.17) is 5.11 Å². The van der Waals surface area contributed by atoms with Gasteiger partial charge in [-0.1, -0.05) is 12.2 Å². The largest absolute Gasteiger partial charge is 0.477 e. The molecule has 4 heteroatoms. The third-order valence-corrected chi connectivity index (χ3v) is 3.78. The lowest BCUT2D eigenvalue weighted by Gasteiger charge is -2.14. The van der Waals surface area contributed by atoms with Crippen molar-refractivity contribution in [2.45, 2.75) is 18.8 Å². The van der Waals surface area contributed by atoms with Gasteiger partial charge in [0.05, 0.1) is 5.69 Å². The van der Waals surface area contributed by atoms with Gasteiger partial charge in [-0.05, 0) is 30.7 Å². The molecule has 0 radical (unpaired) electrons. The predicted molar refractivity (Wildman–Crippen MR) is 58.3 cm³/mol. The molecule has 2 aliphatic carbocycles. The Balaban J connectivity index is 1.93. The van der Waals surface area contributed by atoms with Crippen molar-refractivity contribution in [2.75, 3.05) is 0 Å². The Morgan fingerprint density at radius 2 is 2.31 bits per heavy atom. The van der Waals surface area contributed by atoms with Crippen molar-refractivity contribution in [3.05, 3.63) is 29.6 Å². The molecule has 2 bridgehead atoms. The van der Waals surface area contributed by atoms with E-state index in [9.17, 15) is 4.79 Å². The molecule has 0 aliphatic heterocycles. The second-order valence-electron chi connectivity index (χ2n) is 4.77. The van der Waals surface area contributed by atoms with E-state index in [1.807, 2.05) is 0 Å². The summed E-state index contributed by atoms with van der Waals surface area (Å²) in [7, 11) is 1.69. The van der Waals surface area contributed by atoms with Crippen LogP contribution in [0.5, 0.6) is 0 Å². The van der Waals surface area contributed by atoms with Gasteiger partial charge in [-0.2, -0.15) is 5.10 Å². The summed E-state index contributed by atoms with van der Waals surface area (Å²) in [6.07, 6.45) is 6.87. The van der Waals surface area contributed by atoms with Gasteiger partial charge in [0.1, 0.15) is 5.69 Å². The van der Waals surface area contributed by atoms with Gasteiger partial charge in [0.15, 0.2) is 0 Å². The molecule has 1 N–H and O–H groups in total. The van der Waals surface area contributed by atoms with Gasteiger partial charge in [0.2, 0.25) is 0 Å². The first kappa shape index (κ1) is 9.63. The van der Waals surface area contributed by atoms with Gasteiger partial charge in [-0.25, -0.2) is 4.79 Å². The quantitative estimate of drug-likeness (QED) is 0.770. The Morgan fingerprint density at radius 1 is 1.50 bits per heavy atom. The van der Waals surface area contributed by atoms with E-state index in [1.54, 1.807) is 13.1 Å². The monoisotopic (exact) mass is 218 g/mol. The number of rotatable bonds is 2. The number of hydrogen-bond donors (Lipinski definition) is 1. The summed E-state index contributed by atoms with van der Waals surface area (Å²) in [6.45, 7) is 0. The maximum atomic E-state index is 10.9. The van der Waals surface area contributed by atoms with E-state index in [2.05, 4.69) is 17.3 Å². The summed E-state index contributed by atoms with van der Waals surface area (Å²) < 4.78 is 1.47. The topological polar surface area (TPSA) is 55.1 Å². The van der Waals surface area contributed by atoms with Gasteiger partial charge in [-0.3, -0.25) is 4.68 Å². The Hall–Kier alpha value is -1.58. The Morgan fingerprint density at radius 3 is 2.81 bits per heavy atom. The van der Waals surface area contributed by atoms with Crippen LogP contribution in [0.25, 0.3) is 0 Å². The normalized spacial score (nSPS) is 31.2. The molecule has 3 unspecified atom stereocenters. The molecule has 1 saturated carbocycles. The average molecular weight is 218 g/mol. The summed E-state index contributed by atoms with van der Waals surface area (Å²) in [5, 5.41) is 13.3. The Labute approximate surface area is 93.6 Å². The highest BCUT2D eigenvalue weighted by Crippen LogP contribution is 2.48. The minimum atomic E-state index is -0.903. The van der Waals surface area contributed by atoms with Crippen LogP contribution < -0.4 is 0 Å². The highest BCUT2D eigenvalue weighted by Gasteiger charge is 2.38. The zero-order valence-electron chi connectivity index (χ0n) is 9.13. The van der Waals surface area contributed by atoms with Crippen LogP contribution in [0, 0.1) is 11.8 Å². The minimum absolute atomic E-state index is 0.279. The van der Waals surface area contributed by atoms with Crippen LogP contribution in [0.15, 0.2) is 18.2 Å².